The third kappa shape index (κ3) is 17.4. The number of hydrogen-bond acceptors (Lipinski definition) is 8. The minimum absolute atomic E-state index is 0. The zero-order chi connectivity index (χ0) is 44.1. The van der Waals surface area contributed by atoms with Gasteiger partial charge in [-0.05, 0) is 89.0 Å². The van der Waals surface area contributed by atoms with Crippen molar-refractivity contribution in [1.29, 1.82) is 0 Å². The molecule has 14 heteroatoms. The van der Waals surface area contributed by atoms with Crippen LogP contribution in [0, 0.1) is 0 Å². The fraction of sp³-hybridized carbons (Fsp3) is 0.0980. The Hall–Kier alpha value is -6.16. The number of benzene rings is 7. The Kier molecular flexibility index (Phi) is 22.1. The number of aromatic nitrogens is 6. The standard InChI is InChI=1S/C21H17N3O.C12H11BO3.C9H8BrN3.C7H6Br2.2CH4/c1-2-9-19(10-3-1)25-21-12-5-4-11-20(21)18-8-6-7-17(13-18)14-24-16-22-15-23-24;14-13(15)11-8-4-5-9-12(11)16-10-6-2-1-3-7-10;10-9-3-1-2-8(4-9)5-13-7-11-6-12-13;8-5-6-2-1-3-7(9)4-6;;/h1-13,15-16H,14H2;1-9,14-15H;1-4,6-7H,5H2;1-4H,5H2;2*1H4. The first-order chi connectivity index (χ1) is 30.8. The van der Waals surface area contributed by atoms with Gasteiger partial charge < -0.3 is 19.5 Å². The van der Waals surface area contributed by atoms with Crippen molar-refractivity contribution >= 4 is 60.4 Å². The van der Waals surface area contributed by atoms with Crippen LogP contribution in [0.2, 0.25) is 0 Å². The first kappa shape index (κ1) is 51.5. The van der Waals surface area contributed by atoms with Crippen molar-refractivity contribution in [2.24, 2.45) is 0 Å². The van der Waals surface area contributed by atoms with Gasteiger partial charge in [0.05, 0.1) is 13.1 Å². The van der Waals surface area contributed by atoms with Gasteiger partial charge in [0.15, 0.2) is 0 Å². The summed E-state index contributed by atoms with van der Waals surface area (Å²) in [5.41, 5.74) is 6.20. The third-order valence-corrected chi connectivity index (χ3v) is 10.5. The summed E-state index contributed by atoms with van der Waals surface area (Å²) in [6.45, 7) is 1.45. The molecule has 2 aromatic heterocycles. The van der Waals surface area contributed by atoms with E-state index in [4.69, 9.17) is 19.5 Å². The van der Waals surface area contributed by atoms with Crippen LogP contribution in [0.25, 0.3) is 11.1 Å². The van der Waals surface area contributed by atoms with Crippen molar-refractivity contribution in [3.8, 4) is 34.1 Å². The van der Waals surface area contributed by atoms with E-state index < -0.39 is 7.12 Å². The molecule has 0 aliphatic carbocycles. The highest BCUT2D eigenvalue weighted by Gasteiger charge is 2.16. The lowest BCUT2D eigenvalue weighted by Crippen LogP contribution is -2.30. The molecule has 0 fully saturated rings. The predicted octanol–water partition coefficient (Wildman–Crippen LogP) is 12.6. The van der Waals surface area contributed by atoms with E-state index in [1.807, 2.05) is 95.7 Å². The van der Waals surface area contributed by atoms with Crippen molar-refractivity contribution in [1.82, 2.24) is 29.5 Å². The number of nitrogens with zero attached hydrogens (tertiary/aromatic N) is 6. The van der Waals surface area contributed by atoms with E-state index in [-0.39, 0.29) is 14.9 Å². The number of para-hydroxylation sites is 4. The molecule has 7 aromatic carbocycles. The van der Waals surface area contributed by atoms with Gasteiger partial charge in [0.2, 0.25) is 0 Å². The molecule has 0 amide bonds. The van der Waals surface area contributed by atoms with Crippen LogP contribution in [-0.4, -0.2) is 46.7 Å². The first-order valence-electron chi connectivity index (χ1n) is 19.6. The summed E-state index contributed by atoms with van der Waals surface area (Å²) in [7, 11) is -1.53. The largest absolute Gasteiger partial charge is 0.492 e. The number of rotatable bonds is 11. The van der Waals surface area contributed by atoms with E-state index in [0.29, 0.717) is 23.5 Å². The molecular formula is C51H50BBr3N6O4. The fourth-order valence-electron chi connectivity index (χ4n) is 5.91. The third-order valence-electron chi connectivity index (χ3n) is 8.82. The van der Waals surface area contributed by atoms with Crippen LogP contribution in [-0.2, 0) is 18.4 Å². The quantitative estimate of drug-likeness (QED) is 0.0971. The highest BCUT2D eigenvalue weighted by molar-refractivity contribution is 9.10. The van der Waals surface area contributed by atoms with Gasteiger partial charge in [-0.3, -0.25) is 0 Å². The van der Waals surface area contributed by atoms with Gasteiger partial charge in [0, 0.05) is 25.3 Å². The van der Waals surface area contributed by atoms with E-state index in [1.54, 1.807) is 60.1 Å². The molecule has 0 saturated carbocycles. The topological polar surface area (TPSA) is 120 Å². The lowest BCUT2D eigenvalue weighted by Gasteiger charge is -2.12. The van der Waals surface area contributed by atoms with Crippen LogP contribution >= 0.6 is 47.8 Å². The average Bonchev–Trinajstić information content (AvgIpc) is 4.03. The number of ether oxygens (including phenoxy) is 2. The van der Waals surface area contributed by atoms with Crippen molar-refractivity contribution in [3.05, 3.63) is 233 Å². The summed E-state index contributed by atoms with van der Waals surface area (Å²) in [5.74, 6) is 2.78. The Balaban J connectivity index is 0.000000201. The Morgan fingerprint density at radius 3 is 1.46 bits per heavy atom. The van der Waals surface area contributed by atoms with Crippen molar-refractivity contribution < 1.29 is 19.5 Å². The molecule has 65 heavy (non-hydrogen) atoms. The molecule has 0 bridgehead atoms. The Morgan fingerprint density at radius 2 is 0.954 bits per heavy atom. The number of hydrogen-bond donors (Lipinski definition) is 2. The zero-order valence-corrected chi connectivity index (χ0v) is 38.6. The molecule has 2 heterocycles. The predicted molar refractivity (Wildman–Crippen MR) is 274 cm³/mol. The van der Waals surface area contributed by atoms with Gasteiger partial charge >= 0.3 is 7.12 Å². The summed E-state index contributed by atoms with van der Waals surface area (Å²) in [6.07, 6.45) is 6.52. The highest BCUT2D eigenvalue weighted by atomic mass is 79.9. The van der Waals surface area contributed by atoms with Gasteiger partial charge in [-0.2, -0.15) is 10.2 Å². The van der Waals surface area contributed by atoms with Gasteiger partial charge in [0.25, 0.3) is 0 Å². The molecule has 0 spiro atoms. The van der Waals surface area contributed by atoms with E-state index >= 15 is 0 Å². The molecule has 9 rings (SSSR count). The normalized spacial score (nSPS) is 9.86. The van der Waals surface area contributed by atoms with E-state index in [2.05, 4.69) is 123 Å². The van der Waals surface area contributed by atoms with Gasteiger partial charge in [-0.1, -0.05) is 178 Å². The maximum absolute atomic E-state index is 9.16. The fourth-order valence-corrected chi connectivity index (χ4v) is 7.15. The van der Waals surface area contributed by atoms with Gasteiger partial charge in [0.1, 0.15) is 48.3 Å². The molecule has 0 unspecified atom stereocenters. The van der Waals surface area contributed by atoms with Crippen LogP contribution in [0.15, 0.2) is 216 Å². The second-order valence-corrected chi connectivity index (χ2v) is 15.9. The number of halogens is 3. The first-order valence-corrected chi connectivity index (χ1v) is 22.3. The van der Waals surface area contributed by atoms with Crippen LogP contribution < -0.4 is 14.9 Å². The molecule has 10 nitrogen and oxygen atoms in total. The Bertz CT molecular complexity index is 2700. The van der Waals surface area contributed by atoms with Crippen molar-refractivity contribution in [2.45, 2.75) is 33.3 Å². The smallest absolute Gasteiger partial charge is 0.458 e. The van der Waals surface area contributed by atoms with Crippen LogP contribution in [0.5, 0.6) is 23.0 Å². The van der Waals surface area contributed by atoms with Gasteiger partial charge in [-0.15, -0.1) is 0 Å². The highest BCUT2D eigenvalue weighted by Crippen LogP contribution is 2.33. The summed E-state index contributed by atoms with van der Waals surface area (Å²) in [6, 6.07) is 58.7. The van der Waals surface area contributed by atoms with Crippen LogP contribution in [0.4, 0.5) is 0 Å². The Morgan fingerprint density at radius 1 is 0.492 bits per heavy atom. The second-order valence-electron chi connectivity index (χ2n) is 13.5. The maximum Gasteiger partial charge on any atom is 0.492 e. The lowest BCUT2D eigenvalue weighted by molar-refractivity contribution is 0.420. The molecule has 9 aromatic rings. The minimum Gasteiger partial charge on any atom is -0.458 e. The molecule has 0 saturated heterocycles. The summed E-state index contributed by atoms with van der Waals surface area (Å²) in [4.78, 5) is 7.87. The molecular weight excluding hydrogens is 1010 g/mol. The molecule has 2 N–H and O–H groups in total. The Labute approximate surface area is 407 Å². The van der Waals surface area contributed by atoms with Crippen LogP contribution in [0.3, 0.4) is 0 Å². The number of alkyl halides is 1. The minimum atomic E-state index is -1.53. The molecule has 0 aliphatic heterocycles. The van der Waals surface area contributed by atoms with E-state index in [9.17, 15) is 0 Å². The summed E-state index contributed by atoms with van der Waals surface area (Å²) in [5, 5.41) is 27.4. The monoisotopic (exact) mass is 1060 g/mol. The van der Waals surface area contributed by atoms with E-state index in [0.717, 1.165) is 49.0 Å². The lowest BCUT2D eigenvalue weighted by atomic mass is 9.79. The average molecular weight is 1060 g/mol. The van der Waals surface area contributed by atoms with Crippen LogP contribution in [0.1, 0.15) is 31.5 Å². The zero-order valence-electron chi connectivity index (χ0n) is 33.9. The SMILES string of the molecule is BrCc1cccc(Br)c1.Brc1cccc(Cn2cncn2)c1.C.C.OB(O)c1ccccc1Oc1ccccc1.c1ccc(Oc2ccccc2-c2cccc(Cn3cncn3)c2)cc1. The molecule has 0 radical (unpaired) electrons. The van der Waals surface area contributed by atoms with Crippen molar-refractivity contribution in [3.63, 3.8) is 0 Å². The molecule has 332 valence electrons. The van der Waals surface area contributed by atoms with Crippen molar-refractivity contribution in [2.75, 3.05) is 0 Å². The van der Waals surface area contributed by atoms with Gasteiger partial charge in [-0.25, -0.2) is 19.3 Å². The summed E-state index contributed by atoms with van der Waals surface area (Å²) >= 11 is 10.2. The van der Waals surface area contributed by atoms with E-state index in [1.165, 1.54) is 17.5 Å². The molecule has 0 atom stereocenters. The molecule has 0 aliphatic rings. The summed E-state index contributed by atoms with van der Waals surface area (Å²) < 4.78 is 17.5. The maximum atomic E-state index is 9.16. The second kappa shape index (κ2) is 27.9.